The molecule has 0 aliphatic rings. The summed E-state index contributed by atoms with van der Waals surface area (Å²) in [6, 6.07) is 4.04. The molecule has 0 bridgehead atoms. The van der Waals surface area contributed by atoms with Crippen LogP contribution >= 0.6 is 0 Å². The number of hydrogen-bond acceptors (Lipinski definition) is 3. The van der Waals surface area contributed by atoms with Gasteiger partial charge in [0.2, 0.25) is 5.91 Å². The van der Waals surface area contributed by atoms with E-state index in [2.05, 4.69) is 29.4 Å². The van der Waals surface area contributed by atoms with Crippen LogP contribution in [0.3, 0.4) is 0 Å². The van der Waals surface area contributed by atoms with Crippen molar-refractivity contribution in [2.45, 2.75) is 45.8 Å². The summed E-state index contributed by atoms with van der Waals surface area (Å²) in [6.45, 7) is 6.74. The molecule has 0 radical (unpaired) electrons. The SMILES string of the molecule is CC(C)n1cnnc1[C@H](C)NC(=O)CCn1cccc1. The number of rotatable bonds is 6. The summed E-state index contributed by atoms with van der Waals surface area (Å²) in [7, 11) is 0. The molecule has 0 aromatic carbocycles. The van der Waals surface area contributed by atoms with Crippen molar-refractivity contribution in [1.82, 2.24) is 24.6 Å². The van der Waals surface area contributed by atoms with Gasteiger partial charge in [0.25, 0.3) is 0 Å². The van der Waals surface area contributed by atoms with Gasteiger partial charge in [0.05, 0.1) is 6.04 Å². The van der Waals surface area contributed by atoms with Gasteiger partial charge in [-0.1, -0.05) is 0 Å². The highest BCUT2D eigenvalue weighted by molar-refractivity contribution is 5.76. The van der Waals surface area contributed by atoms with E-state index in [9.17, 15) is 4.79 Å². The van der Waals surface area contributed by atoms with Crippen LogP contribution in [0.25, 0.3) is 0 Å². The summed E-state index contributed by atoms with van der Waals surface area (Å²) in [5.41, 5.74) is 0. The number of nitrogens with zero attached hydrogens (tertiary/aromatic N) is 4. The molecule has 6 heteroatoms. The molecular formula is C14H21N5O. The normalized spacial score (nSPS) is 12.6. The second-order valence-corrected chi connectivity index (χ2v) is 5.15. The minimum absolute atomic E-state index is 0.0181. The van der Waals surface area contributed by atoms with Gasteiger partial charge in [-0.25, -0.2) is 0 Å². The Balaban J connectivity index is 1.88. The summed E-state index contributed by atoms with van der Waals surface area (Å²) in [5, 5.41) is 11.0. The Kier molecular flexibility index (Phi) is 4.55. The van der Waals surface area contributed by atoms with Crippen LogP contribution in [-0.2, 0) is 11.3 Å². The summed E-state index contributed by atoms with van der Waals surface area (Å²) in [4.78, 5) is 11.9. The minimum Gasteiger partial charge on any atom is -0.354 e. The van der Waals surface area contributed by atoms with E-state index in [0.29, 0.717) is 13.0 Å². The molecule has 2 aromatic rings. The Bertz CT molecular complexity index is 544. The first-order valence-electron chi connectivity index (χ1n) is 6.87. The fraction of sp³-hybridized carbons (Fsp3) is 0.500. The van der Waals surface area contributed by atoms with Gasteiger partial charge in [-0.3, -0.25) is 4.79 Å². The van der Waals surface area contributed by atoms with Gasteiger partial charge < -0.3 is 14.5 Å². The number of hydrogen-bond donors (Lipinski definition) is 1. The molecule has 0 saturated carbocycles. The zero-order valence-corrected chi connectivity index (χ0v) is 12.2. The molecule has 2 heterocycles. The number of amides is 1. The van der Waals surface area contributed by atoms with Crippen molar-refractivity contribution in [2.24, 2.45) is 0 Å². The fourth-order valence-electron chi connectivity index (χ4n) is 2.09. The molecule has 1 amide bonds. The predicted octanol–water partition coefficient (Wildman–Crippen LogP) is 1.93. The van der Waals surface area contributed by atoms with E-state index in [1.54, 1.807) is 6.33 Å². The molecule has 2 aromatic heterocycles. The van der Waals surface area contributed by atoms with E-state index >= 15 is 0 Å². The fourth-order valence-corrected chi connectivity index (χ4v) is 2.09. The molecule has 6 nitrogen and oxygen atoms in total. The van der Waals surface area contributed by atoms with E-state index in [0.717, 1.165) is 5.82 Å². The molecule has 0 spiro atoms. The van der Waals surface area contributed by atoms with E-state index in [1.807, 2.05) is 40.6 Å². The first-order chi connectivity index (χ1) is 9.58. The van der Waals surface area contributed by atoms with Crippen LogP contribution < -0.4 is 5.32 Å². The van der Waals surface area contributed by atoms with E-state index < -0.39 is 0 Å². The molecule has 20 heavy (non-hydrogen) atoms. The highest BCUT2D eigenvalue weighted by Gasteiger charge is 2.16. The van der Waals surface area contributed by atoms with Crippen LogP contribution in [-0.4, -0.2) is 25.2 Å². The van der Waals surface area contributed by atoms with Gasteiger partial charge >= 0.3 is 0 Å². The summed E-state index contributed by atoms with van der Waals surface area (Å²) >= 11 is 0. The Hall–Kier alpha value is -2.11. The smallest absolute Gasteiger partial charge is 0.222 e. The molecule has 1 atom stereocenters. The first-order valence-corrected chi connectivity index (χ1v) is 6.87. The van der Waals surface area contributed by atoms with E-state index in [-0.39, 0.29) is 18.0 Å². The maximum Gasteiger partial charge on any atom is 0.222 e. The van der Waals surface area contributed by atoms with Crippen molar-refractivity contribution in [1.29, 1.82) is 0 Å². The zero-order valence-electron chi connectivity index (χ0n) is 12.2. The van der Waals surface area contributed by atoms with Crippen molar-refractivity contribution < 1.29 is 4.79 Å². The van der Waals surface area contributed by atoms with Gasteiger partial charge in [0.15, 0.2) is 5.82 Å². The minimum atomic E-state index is -0.142. The first kappa shape index (κ1) is 14.3. The second kappa shape index (κ2) is 6.36. The molecular weight excluding hydrogens is 254 g/mol. The maximum atomic E-state index is 11.9. The number of aryl methyl sites for hydroxylation is 1. The van der Waals surface area contributed by atoms with Gasteiger partial charge in [0.1, 0.15) is 6.33 Å². The molecule has 108 valence electrons. The Labute approximate surface area is 118 Å². The average molecular weight is 275 g/mol. The number of carbonyl (C=O) groups excluding carboxylic acids is 1. The van der Waals surface area contributed by atoms with Crippen LogP contribution in [0.5, 0.6) is 0 Å². The summed E-state index contributed by atoms with van der Waals surface area (Å²) < 4.78 is 3.96. The van der Waals surface area contributed by atoms with Gasteiger partial charge in [-0.2, -0.15) is 0 Å². The third kappa shape index (κ3) is 3.46. The monoisotopic (exact) mass is 275 g/mol. The van der Waals surface area contributed by atoms with Crippen molar-refractivity contribution in [2.75, 3.05) is 0 Å². The molecule has 0 unspecified atom stereocenters. The lowest BCUT2D eigenvalue weighted by molar-refractivity contribution is -0.122. The third-order valence-corrected chi connectivity index (χ3v) is 3.19. The second-order valence-electron chi connectivity index (χ2n) is 5.15. The quantitative estimate of drug-likeness (QED) is 0.876. The van der Waals surface area contributed by atoms with Crippen LogP contribution in [0.2, 0.25) is 0 Å². The number of aromatic nitrogens is 4. The van der Waals surface area contributed by atoms with Crippen molar-refractivity contribution in [3.63, 3.8) is 0 Å². The third-order valence-electron chi connectivity index (χ3n) is 3.19. The standard InChI is InChI=1S/C14H21N5O/c1-11(2)19-10-15-17-14(19)12(3)16-13(20)6-9-18-7-4-5-8-18/h4-5,7-8,10-12H,6,9H2,1-3H3,(H,16,20)/t12-/m0/s1. The topological polar surface area (TPSA) is 64.7 Å². The Morgan fingerprint density at radius 1 is 1.30 bits per heavy atom. The van der Waals surface area contributed by atoms with Crippen molar-refractivity contribution >= 4 is 5.91 Å². The maximum absolute atomic E-state index is 11.9. The van der Waals surface area contributed by atoms with Crippen LogP contribution in [0, 0.1) is 0 Å². The lowest BCUT2D eigenvalue weighted by atomic mass is 10.2. The lowest BCUT2D eigenvalue weighted by Crippen LogP contribution is -2.29. The molecule has 1 N–H and O–H groups in total. The Morgan fingerprint density at radius 2 is 2.00 bits per heavy atom. The lowest BCUT2D eigenvalue weighted by Gasteiger charge is -2.17. The van der Waals surface area contributed by atoms with Gasteiger partial charge in [0, 0.05) is 31.4 Å². The van der Waals surface area contributed by atoms with Crippen LogP contribution in [0.15, 0.2) is 30.9 Å². The summed E-state index contributed by atoms with van der Waals surface area (Å²) in [6.07, 6.45) is 6.05. The van der Waals surface area contributed by atoms with Crippen molar-refractivity contribution in [3.05, 3.63) is 36.7 Å². The number of carbonyl (C=O) groups is 1. The average Bonchev–Trinajstić information content (AvgIpc) is 3.07. The highest BCUT2D eigenvalue weighted by atomic mass is 16.1. The van der Waals surface area contributed by atoms with E-state index in [1.165, 1.54) is 0 Å². The molecule has 0 aliphatic heterocycles. The zero-order chi connectivity index (χ0) is 14.5. The van der Waals surface area contributed by atoms with Crippen LogP contribution in [0.1, 0.15) is 45.1 Å². The van der Waals surface area contributed by atoms with E-state index in [4.69, 9.17) is 0 Å². The molecule has 2 rings (SSSR count). The highest BCUT2D eigenvalue weighted by Crippen LogP contribution is 2.14. The molecule has 0 fully saturated rings. The predicted molar refractivity (Wildman–Crippen MR) is 76.0 cm³/mol. The number of nitrogens with one attached hydrogen (secondary N) is 1. The Morgan fingerprint density at radius 3 is 2.65 bits per heavy atom. The molecule has 0 saturated heterocycles. The van der Waals surface area contributed by atoms with Crippen molar-refractivity contribution in [3.8, 4) is 0 Å². The van der Waals surface area contributed by atoms with Gasteiger partial charge in [-0.05, 0) is 32.9 Å². The summed E-state index contributed by atoms with van der Waals surface area (Å²) in [5.74, 6) is 0.804. The van der Waals surface area contributed by atoms with Crippen LogP contribution in [0.4, 0.5) is 0 Å². The largest absolute Gasteiger partial charge is 0.354 e. The molecule has 0 aliphatic carbocycles. The van der Waals surface area contributed by atoms with Gasteiger partial charge in [-0.15, -0.1) is 10.2 Å².